The van der Waals surface area contributed by atoms with E-state index in [4.69, 9.17) is 0 Å². The quantitative estimate of drug-likeness (QED) is 0.791. The van der Waals surface area contributed by atoms with E-state index >= 15 is 0 Å². The van der Waals surface area contributed by atoms with Gasteiger partial charge in [-0.25, -0.2) is 0 Å². The van der Waals surface area contributed by atoms with Crippen molar-refractivity contribution in [1.82, 2.24) is 0 Å². The molecule has 0 aromatic heterocycles. The number of benzene rings is 2. The molecule has 3 N–H and O–H groups in total. The molecule has 112 valence electrons. The van der Waals surface area contributed by atoms with Gasteiger partial charge in [0.25, 0.3) is 0 Å². The maximum atomic E-state index is 10.5. The first-order chi connectivity index (χ1) is 10.0. The van der Waals surface area contributed by atoms with Crippen LogP contribution in [-0.2, 0) is 19.3 Å². The third-order valence-corrected chi connectivity index (χ3v) is 3.93. The molecule has 2 aromatic carbocycles. The van der Waals surface area contributed by atoms with Crippen molar-refractivity contribution >= 4 is 0 Å². The molecule has 3 heteroatoms. The molecule has 0 amide bonds. The Labute approximate surface area is 125 Å². The predicted molar refractivity (Wildman–Crippen MR) is 85.0 cm³/mol. The second-order valence-corrected chi connectivity index (χ2v) is 5.16. The molecule has 21 heavy (non-hydrogen) atoms. The van der Waals surface area contributed by atoms with Crippen LogP contribution in [-0.4, -0.2) is 15.3 Å². The van der Waals surface area contributed by atoms with Gasteiger partial charge in [-0.15, -0.1) is 0 Å². The van der Waals surface area contributed by atoms with E-state index in [1.165, 1.54) is 6.07 Å². The second-order valence-electron chi connectivity index (χ2n) is 5.16. The Kier molecular flexibility index (Phi) is 4.41. The molecule has 0 radical (unpaired) electrons. The minimum absolute atomic E-state index is 0.0294. The molecule has 0 heterocycles. The van der Waals surface area contributed by atoms with Crippen LogP contribution in [0.3, 0.4) is 0 Å². The van der Waals surface area contributed by atoms with Gasteiger partial charge in [0.05, 0.1) is 0 Å². The molecule has 0 aliphatic carbocycles. The van der Waals surface area contributed by atoms with Crippen LogP contribution in [0.2, 0.25) is 0 Å². The summed E-state index contributed by atoms with van der Waals surface area (Å²) in [5, 5.41) is 30.1. The van der Waals surface area contributed by atoms with E-state index < -0.39 is 0 Å². The molecule has 0 spiro atoms. The van der Waals surface area contributed by atoms with E-state index in [0.29, 0.717) is 17.7 Å². The summed E-state index contributed by atoms with van der Waals surface area (Å²) in [5.74, 6) is 0.379. The summed E-state index contributed by atoms with van der Waals surface area (Å²) in [6, 6.07) is 6.59. The van der Waals surface area contributed by atoms with Crippen LogP contribution in [0.1, 0.15) is 37.5 Å². The summed E-state index contributed by atoms with van der Waals surface area (Å²) in [6.07, 6.45) is 2.27. The van der Waals surface area contributed by atoms with Crippen LogP contribution in [0.25, 0.3) is 11.1 Å². The number of hydrogen-bond acceptors (Lipinski definition) is 3. The lowest BCUT2D eigenvalue weighted by Gasteiger charge is -2.19. The van der Waals surface area contributed by atoms with Crippen LogP contribution in [0.4, 0.5) is 0 Å². The van der Waals surface area contributed by atoms with Crippen LogP contribution in [0.15, 0.2) is 24.3 Å². The monoisotopic (exact) mass is 286 g/mol. The van der Waals surface area contributed by atoms with Crippen molar-refractivity contribution in [2.75, 3.05) is 0 Å². The van der Waals surface area contributed by atoms with Gasteiger partial charge < -0.3 is 15.3 Å². The zero-order valence-corrected chi connectivity index (χ0v) is 12.8. The van der Waals surface area contributed by atoms with Crippen LogP contribution >= 0.6 is 0 Å². The third kappa shape index (κ3) is 2.68. The molecule has 0 fully saturated rings. The van der Waals surface area contributed by atoms with Crippen molar-refractivity contribution in [2.45, 2.75) is 40.0 Å². The number of phenols is 3. The average Bonchev–Trinajstić information content (AvgIpc) is 2.47. The summed E-state index contributed by atoms with van der Waals surface area (Å²) in [7, 11) is 0. The van der Waals surface area contributed by atoms with Gasteiger partial charge in [-0.05, 0) is 48.1 Å². The van der Waals surface area contributed by atoms with Crippen LogP contribution in [0.5, 0.6) is 17.2 Å². The lowest BCUT2D eigenvalue weighted by atomic mass is 9.88. The molecule has 2 aromatic rings. The number of phenolic OH excluding ortho intramolecular Hbond substituents is 3. The van der Waals surface area contributed by atoms with Crippen molar-refractivity contribution in [3.63, 3.8) is 0 Å². The highest BCUT2D eigenvalue weighted by atomic mass is 16.3. The van der Waals surface area contributed by atoms with Crippen LogP contribution in [0, 0.1) is 0 Å². The van der Waals surface area contributed by atoms with Gasteiger partial charge in [-0.1, -0.05) is 26.8 Å². The SMILES string of the molecule is CCc1cc(CC)c(-c2ccc(O)cc2O)c(CC)c1O. The first-order valence-corrected chi connectivity index (χ1v) is 7.42. The van der Waals surface area contributed by atoms with Gasteiger partial charge in [0.2, 0.25) is 0 Å². The van der Waals surface area contributed by atoms with Gasteiger partial charge in [0, 0.05) is 17.2 Å². The standard InChI is InChI=1S/C18H22O3/c1-4-11-9-12(5-2)18(21)14(6-3)17(11)15-8-7-13(19)10-16(15)20/h7-10,19-21H,4-6H2,1-3H3. The minimum Gasteiger partial charge on any atom is -0.508 e. The Morgan fingerprint density at radius 3 is 2.00 bits per heavy atom. The fourth-order valence-corrected chi connectivity index (χ4v) is 2.82. The number of aryl methyl sites for hydroxylation is 2. The maximum Gasteiger partial charge on any atom is 0.127 e. The van der Waals surface area contributed by atoms with E-state index in [0.717, 1.165) is 35.1 Å². The zero-order valence-electron chi connectivity index (χ0n) is 12.8. The first-order valence-electron chi connectivity index (χ1n) is 7.42. The predicted octanol–water partition coefficient (Wildman–Crippen LogP) is 4.16. The summed E-state index contributed by atoms with van der Waals surface area (Å²) in [4.78, 5) is 0. The van der Waals surface area contributed by atoms with E-state index in [-0.39, 0.29) is 11.5 Å². The Morgan fingerprint density at radius 1 is 0.810 bits per heavy atom. The second kappa shape index (κ2) is 6.08. The van der Waals surface area contributed by atoms with Gasteiger partial charge >= 0.3 is 0 Å². The molecular weight excluding hydrogens is 264 g/mol. The maximum absolute atomic E-state index is 10.5. The molecule has 3 nitrogen and oxygen atoms in total. The Morgan fingerprint density at radius 2 is 1.48 bits per heavy atom. The Bertz CT molecular complexity index is 660. The molecule has 0 saturated heterocycles. The van der Waals surface area contributed by atoms with Gasteiger partial charge in [0.1, 0.15) is 17.2 Å². The van der Waals surface area contributed by atoms with E-state index in [2.05, 4.69) is 6.92 Å². The molecule has 0 atom stereocenters. The highest BCUT2D eigenvalue weighted by Gasteiger charge is 2.18. The van der Waals surface area contributed by atoms with Crippen molar-refractivity contribution in [1.29, 1.82) is 0 Å². The fourth-order valence-electron chi connectivity index (χ4n) is 2.82. The molecule has 0 bridgehead atoms. The Balaban J connectivity index is 2.80. The summed E-state index contributed by atoms with van der Waals surface area (Å²) >= 11 is 0. The minimum atomic E-state index is 0.0294. The van der Waals surface area contributed by atoms with Gasteiger partial charge in [-0.2, -0.15) is 0 Å². The lowest BCUT2D eigenvalue weighted by Crippen LogP contribution is -1.99. The van der Waals surface area contributed by atoms with Crippen molar-refractivity contribution in [3.05, 3.63) is 41.0 Å². The zero-order chi connectivity index (χ0) is 15.6. The lowest BCUT2D eigenvalue weighted by molar-refractivity contribution is 0.451. The van der Waals surface area contributed by atoms with Gasteiger partial charge in [-0.3, -0.25) is 0 Å². The summed E-state index contributed by atoms with van der Waals surface area (Å²) in [5.41, 5.74) is 4.42. The first kappa shape index (κ1) is 15.2. The van der Waals surface area contributed by atoms with E-state index in [1.54, 1.807) is 12.1 Å². The number of rotatable bonds is 4. The highest BCUT2D eigenvalue weighted by Crippen LogP contribution is 2.41. The largest absolute Gasteiger partial charge is 0.508 e. The Hall–Kier alpha value is -2.16. The summed E-state index contributed by atoms with van der Waals surface area (Å²) in [6.45, 7) is 6.08. The molecule has 0 aliphatic heterocycles. The molecule has 2 rings (SSSR count). The highest BCUT2D eigenvalue weighted by molar-refractivity contribution is 5.79. The van der Waals surface area contributed by atoms with Crippen molar-refractivity contribution in [2.24, 2.45) is 0 Å². The summed E-state index contributed by atoms with van der Waals surface area (Å²) < 4.78 is 0. The molecule has 0 saturated carbocycles. The number of hydrogen-bond donors (Lipinski definition) is 3. The van der Waals surface area contributed by atoms with Crippen molar-refractivity contribution < 1.29 is 15.3 Å². The molecule has 0 unspecified atom stereocenters. The topological polar surface area (TPSA) is 60.7 Å². The number of aromatic hydroxyl groups is 3. The smallest absolute Gasteiger partial charge is 0.127 e. The van der Waals surface area contributed by atoms with Crippen molar-refractivity contribution in [3.8, 4) is 28.4 Å². The van der Waals surface area contributed by atoms with Crippen LogP contribution < -0.4 is 0 Å². The normalized spacial score (nSPS) is 10.8. The van der Waals surface area contributed by atoms with E-state index in [9.17, 15) is 15.3 Å². The average molecular weight is 286 g/mol. The fraction of sp³-hybridized carbons (Fsp3) is 0.333. The molecule has 0 aliphatic rings. The molecular formula is C18H22O3. The van der Waals surface area contributed by atoms with Gasteiger partial charge in [0.15, 0.2) is 0 Å². The van der Waals surface area contributed by atoms with E-state index in [1.807, 2.05) is 19.9 Å². The third-order valence-electron chi connectivity index (χ3n) is 3.93.